The molecule has 40 heavy (non-hydrogen) atoms. The van der Waals surface area contributed by atoms with Gasteiger partial charge in [0.1, 0.15) is 22.4 Å². The van der Waals surface area contributed by atoms with E-state index in [1.807, 2.05) is 110 Å². The van der Waals surface area contributed by atoms with Crippen LogP contribution in [-0.4, -0.2) is 20.0 Å². The van der Waals surface area contributed by atoms with Crippen LogP contribution in [0.3, 0.4) is 0 Å². The molecule has 190 valence electrons. The van der Waals surface area contributed by atoms with E-state index in [4.69, 9.17) is 13.9 Å². The number of para-hydroxylation sites is 1. The van der Waals surface area contributed by atoms with Crippen molar-refractivity contribution in [3.8, 4) is 28.4 Å². The molecule has 0 atom stereocenters. The number of aromatic nitrogens is 4. The van der Waals surface area contributed by atoms with Crippen molar-refractivity contribution in [2.24, 2.45) is 0 Å². The van der Waals surface area contributed by atoms with Crippen LogP contribution in [-0.2, 0) is 0 Å². The normalized spacial score (nSPS) is 11.7. The van der Waals surface area contributed by atoms with Gasteiger partial charge in [0.25, 0.3) is 0 Å². The Morgan fingerprint density at radius 3 is 2.30 bits per heavy atom. The number of furan rings is 1. The van der Waals surface area contributed by atoms with Gasteiger partial charge < -0.3 is 8.83 Å². The number of aryl methyl sites for hydroxylation is 1. The van der Waals surface area contributed by atoms with E-state index < -0.39 is 5.63 Å². The second kappa shape index (κ2) is 8.47. The summed E-state index contributed by atoms with van der Waals surface area (Å²) in [5.41, 5.74) is 4.59. The number of rotatable bonds is 3. The zero-order valence-electron chi connectivity index (χ0n) is 21.3. The maximum Gasteiger partial charge on any atom is 0.345 e. The van der Waals surface area contributed by atoms with E-state index in [2.05, 4.69) is 10.2 Å². The lowest BCUT2D eigenvalue weighted by atomic mass is 10.0. The Balaban J connectivity index is 1.41. The van der Waals surface area contributed by atoms with E-state index in [-0.39, 0.29) is 0 Å². The summed E-state index contributed by atoms with van der Waals surface area (Å²) >= 11 is 0. The van der Waals surface area contributed by atoms with Gasteiger partial charge in [0.2, 0.25) is 0 Å². The largest absolute Gasteiger partial charge is 0.454 e. The fourth-order valence-electron chi connectivity index (χ4n) is 5.25. The van der Waals surface area contributed by atoms with Gasteiger partial charge in [-0.3, -0.25) is 0 Å². The van der Waals surface area contributed by atoms with Crippen LogP contribution in [0, 0.1) is 6.92 Å². The lowest BCUT2D eigenvalue weighted by Crippen LogP contribution is -2.05. The van der Waals surface area contributed by atoms with Crippen molar-refractivity contribution >= 4 is 43.6 Å². The van der Waals surface area contributed by atoms with Gasteiger partial charge in [-0.15, -0.1) is 10.2 Å². The number of fused-ring (bicyclic) bond motifs is 5. The van der Waals surface area contributed by atoms with Crippen LogP contribution in [0.2, 0.25) is 0 Å². The Hall–Kier alpha value is -5.56. The lowest BCUT2D eigenvalue weighted by molar-refractivity contribution is 0.563. The van der Waals surface area contributed by atoms with Crippen molar-refractivity contribution in [2.45, 2.75) is 6.92 Å². The van der Waals surface area contributed by atoms with E-state index in [1.54, 1.807) is 4.68 Å². The van der Waals surface area contributed by atoms with Crippen LogP contribution < -0.4 is 5.63 Å². The monoisotopic (exact) mass is 520 g/mol. The molecule has 4 aromatic heterocycles. The summed E-state index contributed by atoms with van der Waals surface area (Å²) in [5, 5.41) is 18.5. The Morgan fingerprint density at radius 1 is 0.675 bits per heavy atom. The highest BCUT2D eigenvalue weighted by atomic mass is 16.4. The minimum absolute atomic E-state index is 0.320. The van der Waals surface area contributed by atoms with Crippen molar-refractivity contribution in [3.63, 3.8) is 0 Å². The van der Waals surface area contributed by atoms with E-state index >= 15 is 0 Å². The smallest absolute Gasteiger partial charge is 0.345 e. The summed E-state index contributed by atoms with van der Waals surface area (Å²) in [5.74, 6) is 0.552. The molecule has 0 saturated heterocycles. The van der Waals surface area contributed by atoms with Crippen LogP contribution in [0.5, 0.6) is 0 Å². The van der Waals surface area contributed by atoms with Crippen LogP contribution >= 0.6 is 0 Å². The third kappa shape index (κ3) is 3.45. The summed E-state index contributed by atoms with van der Waals surface area (Å²) in [6.07, 6.45) is 1.88. The van der Waals surface area contributed by atoms with Gasteiger partial charge in [-0.25, -0.2) is 9.48 Å². The van der Waals surface area contributed by atoms with E-state index in [1.165, 1.54) is 0 Å². The second-order valence-electron chi connectivity index (χ2n) is 9.86. The van der Waals surface area contributed by atoms with Crippen molar-refractivity contribution in [1.82, 2.24) is 20.0 Å². The minimum Gasteiger partial charge on any atom is -0.454 e. The molecule has 0 fully saturated rings. The molecular weight excluding hydrogens is 500 g/mol. The van der Waals surface area contributed by atoms with Crippen LogP contribution in [0.4, 0.5) is 0 Å². The highest BCUT2D eigenvalue weighted by molar-refractivity contribution is 6.07. The highest BCUT2D eigenvalue weighted by Gasteiger charge is 2.22. The first-order chi connectivity index (χ1) is 19.6. The first kappa shape index (κ1) is 22.4. The van der Waals surface area contributed by atoms with Crippen molar-refractivity contribution in [3.05, 3.63) is 119 Å². The van der Waals surface area contributed by atoms with Crippen molar-refractivity contribution < 1.29 is 8.83 Å². The number of nitrogens with zero attached hydrogens (tertiary/aromatic N) is 4. The third-order valence-corrected chi connectivity index (χ3v) is 7.30. The molecule has 8 aromatic rings. The molecule has 0 unspecified atom stereocenters. The maximum absolute atomic E-state index is 13.3. The summed E-state index contributed by atoms with van der Waals surface area (Å²) in [7, 11) is 0. The van der Waals surface area contributed by atoms with Crippen LogP contribution in [0.15, 0.2) is 117 Å². The molecule has 7 heteroatoms. The van der Waals surface area contributed by atoms with Gasteiger partial charge in [-0.2, -0.15) is 5.10 Å². The lowest BCUT2D eigenvalue weighted by Gasteiger charge is -2.06. The number of hydrogen-bond donors (Lipinski definition) is 0. The zero-order chi connectivity index (χ0) is 26.8. The molecule has 0 spiro atoms. The van der Waals surface area contributed by atoms with Gasteiger partial charge in [0.15, 0.2) is 11.5 Å². The minimum atomic E-state index is -0.488. The van der Waals surface area contributed by atoms with E-state index in [0.29, 0.717) is 39.2 Å². The molecule has 0 bridgehead atoms. The molecule has 4 aromatic carbocycles. The topological polar surface area (TPSA) is 87.0 Å². The molecule has 4 heterocycles. The molecule has 0 aliphatic rings. The van der Waals surface area contributed by atoms with Gasteiger partial charge in [-0.1, -0.05) is 66.2 Å². The fourth-order valence-corrected chi connectivity index (χ4v) is 5.25. The first-order valence-electron chi connectivity index (χ1n) is 12.9. The fraction of sp³-hybridized carbons (Fsp3) is 0.0303. The van der Waals surface area contributed by atoms with Crippen molar-refractivity contribution in [1.29, 1.82) is 0 Å². The zero-order valence-corrected chi connectivity index (χ0v) is 21.3. The highest BCUT2D eigenvalue weighted by Crippen LogP contribution is 2.35. The predicted molar refractivity (Wildman–Crippen MR) is 156 cm³/mol. The van der Waals surface area contributed by atoms with E-state index in [9.17, 15) is 4.79 Å². The van der Waals surface area contributed by atoms with Crippen LogP contribution in [0.25, 0.3) is 72.0 Å². The molecule has 0 radical (unpaired) electrons. The summed E-state index contributed by atoms with van der Waals surface area (Å²) in [6.45, 7) is 2.04. The quantitative estimate of drug-likeness (QED) is 0.177. The predicted octanol–water partition coefficient (Wildman–Crippen LogP) is 7.46. The second-order valence-corrected chi connectivity index (χ2v) is 9.86. The molecule has 0 aliphatic carbocycles. The van der Waals surface area contributed by atoms with Crippen molar-refractivity contribution in [2.75, 3.05) is 0 Å². The summed E-state index contributed by atoms with van der Waals surface area (Å²) < 4.78 is 13.7. The summed E-state index contributed by atoms with van der Waals surface area (Å²) in [6, 6.07) is 31.4. The Morgan fingerprint density at radius 2 is 1.45 bits per heavy atom. The molecule has 8 rings (SSSR count). The number of hydrogen-bond acceptors (Lipinski definition) is 6. The van der Waals surface area contributed by atoms with E-state index in [0.717, 1.165) is 38.4 Å². The average molecular weight is 521 g/mol. The average Bonchev–Trinajstić information content (AvgIpc) is 3.62. The summed E-state index contributed by atoms with van der Waals surface area (Å²) in [4.78, 5) is 13.3. The van der Waals surface area contributed by atoms with Gasteiger partial charge in [-0.05, 0) is 54.1 Å². The standard InChI is InChI=1S/C33H20N4O3/c1-19-10-13-22(14-11-19)37-18-26-30(25-17-24-23-8-4-2-6-20(23)12-15-28(24)40-33(25)38)34-35-32(31(26)36-37)29-16-21-7-3-5-9-27(21)39-29/h2-18H,1H3. The Kier molecular flexibility index (Phi) is 4.75. The molecule has 0 N–H and O–H groups in total. The number of benzene rings is 4. The molecule has 7 nitrogen and oxygen atoms in total. The maximum atomic E-state index is 13.3. The molecular formula is C33H20N4O3. The molecule has 0 amide bonds. The van der Waals surface area contributed by atoms with Gasteiger partial charge in [0, 0.05) is 17.0 Å². The SMILES string of the molecule is Cc1ccc(-n2cc3c(-c4cc5c(ccc6ccccc65)oc4=O)nnc(-c4cc5ccccc5o4)c3n2)cc1. The third-order valence-electron chi connectivity index (χ3n) is 7.30. The first-order valence-corrected chi connectivity index (χ1v) is 12.9. The Labute approximate surface area is 226 Å². The van der Waals surface area contributed by atoms with Gasteiger partial charge >= 0.3 is 5.63 Å². The molecule has 0 saturated carbocycles. The Bertz CT molecular complexity index is 2280. The molecule has 0 aliphatic heterocycles. The van der Waals surface area contributed by atoms with Gasteiger partial charge in [0.05, 0.1) is 16.6 Å². The van der Waals surface area contributed by atoms with Crippen LogP contribution in [0.1, 0.15) is 5.56 Å².